The molecule has 1 aromatic heterocycles. The Balaban J connectivity index is 1.55. The zero-order chi connectivity index (χ0) is 23.9. The molecule has 1 fully saturated rings. The third-order valence-corrected chi connectivity index (χ3v) is 8.48. The molecule has 0 spiro atoms. The van der Waals surface area contributed by atoms with Crippen molar-refractivity contribution in [3.8, 4) is 0 Å². The molecule has 5 nitrogen and oxygen atoms in total. The lowest BCUT2D eigenvalue weighted by Crippen LogP contribution is -2.47. The molecular formula is C28H30N3O2S+. The number of hydrogen-bond acceptors (Lipinski definition) is 4. The van der Waals surface area contributed by atoms with Crippen LogP contribution in [0.1, 0.15) is 16.7 Å². The summed E-state index contributed by atoms with van der Waals surface area (Å²) in [6.07, 6.45) is 1.66. The van der Waals surface area contributed by atoms with Crippen molar-refractivity contribution in [1.82, 2.24) is 0 Å². The van der Waals surface area contributed by atoms with Crippen molar-refractivity contribution in [1.29, 1.82) is 0 Å². The fraction of sp³-hybridized carbons (Fsp3) is 0.250. The van der Waals surface area contributed by atoms with Crippen LogP contribution < -0.4 is 14.8 Å². The van der Waals surface area contributed by atoms with E-state index in [4.69, 9.17) is 0 Å². The van der Waals surface area contributed by atoms with Gasteiger partial charge >= 0.3 is 0 Å². The number of benzene rings is 3. The van der Waals surface area contributed by atoms with E-state index in [1.807, 2.05) is 43.3 Å². The van der Waals surface area contributed by atoms with Gasteiger partial charge in [0.25, 0.3) is 0 Å². The van der Waals surface area contributed by atoms with Gasteiger partial charge in [-0.15, -0.1) is 0 Å². The lowest BCUT2D eigenvalue weighted by molar-refractivity contribution is -0.347. The average molecular weight is 473 g/mol. The lowest BCUT2D eigenvalue weighted by atomic mass is 10.1. The van der Waals surface area contributed by atoms with Crippen molar-refractivity contribution in [2.24, 2.45) is 0 Å². The first-order valence-corrected chi connectivity index (χ1v) is 13.2. The van der Waals surface area contributed by atoms with Crippen LogP contribution in [0.15, 0.2) is 82.7 Å². The molecule has 4 aromatic rings. The third kappa shape index (κ3) is 4.03. The Bertz CT molecular complexity index is 1460. The molecule has 2 heterocycles. The van der Waals surface area contributed by atoms with Crippen LogP contribution in [0.2, 0.25) is 0 Å². The Morgan fingerprint density at radius 1 is 0.765 bits per heavy atom. The van der Waals surface area contributed by atoms with Crippen LogP contribution in [0, 0.1) is 20.8 Å². The van der Waals surface area contributed by atoms with Crippen molar-refractivity contribution >= 4 is 32.1 Å². The van der Waals surface area contributed by atoms with Crippen molar-refractivity contribution in [2.75, 3.05) is 36.0 Å². The van der Waals surface area contributed by atoms with Crippen LogP contribution in [-0.2, 0) is 9.84 Å². The number of para-hydroxylation sites is 1. The highest BCUT2D eigenvalue weighted by Gasteiger charge is 2.31. The van der Waals surface area contributed by atoms with Crippen LogP contribution >= 0.6 is 0 Å². The Morgan fingerprint density at radius 3 is 2.15 bits per heavy atom. The zero-order valence-corrected chi connectivity index (χ0v) is 20.7. The van der Waals surface area contributed by atoms with E-state index < -0.39 is 9.84 Å². The summed E-state index contributed by atoms with van der Waals surface area (Å²) in [5.41, 5.74) is 6.53. The van der Waals surface area contributed by atoms with Gasteiger partial charge in [0.15, 0.2) is 11.1 Å². The van der Waals surface area contributed by atoms with E-state index in [1.54, 1.807) is 18.3 Å². The van der Waals surface area contributed by atoms with Crippen LogP contribution in [0.4, 0.5) is 11.4 Å². The van der Waals surface area contributed by atoms with E-state index in [1.165, 1.54) is 16.8 Å². The van der Waals surface area contributed by atoms with Gasteiger partial charge in [0.05, 0.1) is 16.0 Å². The van der Waals surface area contributed by atoms with Gasteiger partial charge in [0.2, 0.25) is 15.4 Å². The predicted molar refractivity (Wildman–Crippen MR) is 137 cm³/mol. The number of pyridine rings is 1. The van der Waals surface area contributed by atoms with Crippen molar-refractivity contribution in [3.05, 3.63) is 89.6 Å². The SMILES string of the molecule is Cc1ccc(S(=O)(=O)c2c[nH+]c3ccccc3c2N2CCN(c3cc(C)ccc3C)CC2)cc1. The Kier molecular flexibility index (Phi) is 5.78. The molecule has 0 unspecified atom stereocenters. The largest absolute Gasteiger partial charge is 0.368 e. The predicted octanol–water partition coefficient (Wildman–Crippen LogP) is 4.74. The number of rotatable bonds is 4. The molecule has 3 aromatic carbocycles. The molecule has 0 aliphatic carbocycles. The van der Waals surface area contributed by atoms with Gasteiger partial charge < -0.3 is 9.80 Å². The normalized spacial score (nSPS) is 14.6. The fourth-order valence-corrected chi connectivity index (χ4v) is 6.22. The van der Waals surface area contributed by atoms with Crippen LogP contribution in [0.3, 0.4) is 0 Å². The number of fused-ring (bicyclic) bond motifs is 1. The number of sulfone groups is 1. The summed E-state index contributed by atoms with van der Waals surface area (Å²) >= 11 is 0. The lowest BCUT2D eigenvalue weighted by Gasteiger charge is -2.38. The van der Waals surface area contributed by atoms with Crippen molar-refractivity contribution in [3.63, 3.8) is 0 Å². The maximum Gasteiger partial charge on any atom is 0.214 e. The number of anilines is 2. The molecule has 6 heteroatoms. The Morgan fingerprint density at radius 2 is 1.41 bits per heavy atom. The summed E-state index contributed by atoms with van der Waals surface area (Å²) in [6, 6.07) is 21.6. The Labute approximate surface area is 201 Å². The molecule has 174 valence electrons. The first-order valence-electron chi connectivity index (χ1n) is 11.7. The zero-order valence-electron chi connectivity index (χ0n) is 19.9. The Hall–Kier alpha value is -3.38. The standard InChI is InChI=1S/C28H29N3O2S/c1-20-9-12-23(13-10-20)34(32,33)27-19-29-25-7-5-4-6-24(25)28(27)31-16-14-30(15-17-31)26-18-21(2)8-11-22(26)3/h4-13,18-19H,14-17H2,1-3H3/p+1. The maximum atomic E-state index is 13.8. The van der Waals surface area contributed by atoms with E-state index in [-0.39, 0.29) is 0 Å². The first kappa shape index (κ1) is 22.4. The van der Waals surface area contributed by atoms with Gasteiger partial charge in [0, 0.05) is 37.9 Å². The molecule has 5 rings (SSSR count). The average Bonchev–Trinajstić information content (AvgIpc) is 2.85. The monoisotopic (exact) mass is 472 g/mol. The third-order valence-electron chi connectivity index (χ3n) is 6.70. The minimum Gasteiger partial charge on any atom is -0.368 e. The second-order valence-electron chi connectivity index (χ2n) is 9.13. The highest BCUT2D eigenvalue weighted by atomic mass is 32.2. The smallest absolute Gasteiger partial charge is 0.214 e. The molecule has 1 N–H and O–H groups in total. The number of nitrogens with zero attached hydrogens (tertiary/aromatic N) is 2. The van der Waals surface area contributed by atoms with Gasteiger partial charge in [-0.2, -0.15) is 0 Å². The fourth-order valence-electron chi connectivity index (χ4n) is 4.77. The van der Waals surface area contributed by atoms with Crippen molar-refractivity contribution < 1.29 is 13.4 Å². The van der Waals surface area contributed by atoms with E-state index >= 15 is 0 Å². The first-order chi connectivity index (χ1) is 16.3. The molecule has 34 heavy (non-hydrogen) atoms. The highest BCUT2D eigenvalue weighted by molar-refractivity contribution is 7.91. The number of aromatic amines is 1. The summed E-state index contributed by atoms with van der Waals surface area (Å²) in [7, 11) is -3.69. The van der Waals surface area contributed by atoms with Gasteiger partial charge in [-0.3, -0.25) is 0 Å². The summed E-state index contributed by atoms with van der Waals surface area (Å²) in [5.74, 6) is 0. The molecule has 0 radical (unpaired) electrons. The summed E-state index contributed by atoms with van der Waals surface area (Å²) in [6.45, 7) is 9.39. The van der Waals surface area contributed by atoms with E-state index in [9.17, 15) is 8.42 Å². The molecule has 0 amide bonds. The van der Waals surface area contributed by atoms with Crippen LogP contribution in [0.25, 0.3) is 10.9 Å². The number of aromatic nitrogens is 1. The second-order valence-corrected chi connectivity index (χ2v) is 11.0. The van der Waals surface area contributed by atoms with Crippen LogP contribution in [0.5, 0.6) is 0 Å². The van der Waals surface area contributed by atoms with E-state index in [0.29, 0.717) is 9.79 Å². The molecule has 0 bridgehead atoms. The number of piperazine rings is 1. The van der Waals surface area contributed by atoms with Gasteiger partial charge in [0.1, 0.15) is 0 Å². The molecule has 0 saturated carbocycles. The molecule has 1 aliphatic heterocycles. The quantitative estimate of drug-likeness (QED) is 0.431. The summed E-state index contributed by atoms with van der Waals surface area (Å²) < 4.78 is 27.5. The van der Waals surface area contributed by atoms with Crippen molar-refractivity contribution in [2.45, 2.75) is 30.6 Å². The summed E-state index contributed by atoms with van der Waals surface area (Å²) in [4.78, 5) is 8.51. The van der Waals surface area contributed by atoms with E-state index in [2.05, 4.69) is 46.8 Å². The highest BCUT2D eigenvalue weighted by Crippen LogP contribution is 2.36. The van der Waals surface area contributed by atoms with Gasteiger partial charge in [-0.1, -0.05) is 42.0 Å². The minimum atomic E-state index is -3.69. The maximum absolute atomic E-state index is 13.8. The molecule has 1 aliphatic rings. The number of nitrogens with one attached hydrogen (secondary N) is 1. The summed E-state index contributed by atoms with van der Waals surface area (Å²) in [5, 5.41) is 0.927. The molecule has 1 saturated heterocycles. The minimum absolute atomic E-state index is 0.317. The van der Waals surface area contributed by atoms with E-state index in [0.717, 1.165) is 48.3 Å². The second kappa shape index (κ2) is 8.76. The van der Waals surface area contributed by atoms with Crippen LogP contribution in [-0.4, -0.2) is 34.6 Å². The van der Waals surface area contributed by atoms with Gasteiger partial charge in [-0.25, -0.2) is 13.4 Å². The number of H-pyrrole nitrogens is 1. The van der Waals surface area contributed by atoms with Gasteiger partial charge in [-0.05, 0) is 56.2 Å². The number of aryl methyl sites for hydroxylation is 3. The molecular weight excluding hydrogens is 442 g/mol. The number of hydrogen-bond donors (Lipinski definition) is 0. The topological polar surface area (TPSA) is 54.8 Å². The molecule has 0 atom stereocenters.